The van der Waals surface area contributed by atoms with Gasteiger partial charge in [0, 0.05) is 11.5 Å². The molecule has 102 valence electrons. The van der Waals surface area contributed by atoms with Crippen LogP contribution in [0.3, 0.4) is 0 Å². The molecule has 1 saturated carbocycles. The molecule has 0 heterocycles. The van der Waals surface area contributed by atoms with Crippen molar-refractivity contribution in [1.29, 1.82) is 0 Å². The fourth-order valence-electron chi connectivity index (χ4n) is 2.72. The topological polar surface area (TPSA) is 46.2 Å². The van der Waals surface area contributed by atoms with E-state index in [0.717, 1.165) is 36.8 Å². The Kier molecular flexibility index (Phi) is 4.35. The van der Waals surface area contributed by atoms with Crippen molar-refractivity contribution < 1.29 is 9.59 Å². The molecule has 0 bridgehead atoms. The maximum absolute atomic E-state index is 12.1. The highest BCUT2D eigenvalue weighted by Gasteiger charge is 2.23. The van der Waals surface area contributed by atoms with E-state index in [1.165, 1.54) is 0 Å². The normalized spacial score (nSPS) is 15.5. The quantitative estimate of drug-likeness (QED) is 0.845. The van der Waals surface area contributed by atoms with Gasteiger partial charge in [-0.25, -0.2) is 0 Å². The third-order valence-electron chi connectivity index (χ3n) is 3.83. The number of Topliss-reactive ketones (excluding diaryl/α,β-unsaturated/α-hetero) is 1. The average molecular weight is 259 g/mol. The molecule has 0 aliphatic heterocycles. The maximum Gasteiger partial charge on any atom is 0.223 e. The largest absolute Gasteiger partial charge is 0.348 e. The third-order valence-corrected chi connectivity index (χ3v) is 3.83. The van der Waals surface area contributed by atoms with E-state index >= 15 is 0 Å². The van der Waals surface area contributed by atoms with Crippen molar-refractivity contribution in [3.8, 4) is 0 Å². The fraction of sp³-hybridized carbons (Fsp3) is 0.500. The molecule has 0 unspecified atom stereocenters. The van der Waals surface area contributed by atoms with E-state index in [-0.39, 0.29) is 24.2 Å². The van der Waals surface area contributed by atoms with E-state index in [1.54, 1.807) is 0 Å². The van der Waals surface area contributed by atoms with E-state index < -0.39 is 0 Å². The Labute approximate surface area is 114 Å². The number of ketones is 1. The summed E-state index contributed by atoms with van der Waals surface area (Å²) in [6, 6.07) is 5.76. The molecule has 1 aromatic carbocycles. The SMILES string of the molecule is Cc1ccc(C(=O)CNC(=O)C2CCCC2)c(C)c1. The summed E-state index contributed by atoms with van der Waals surface area (Å²) in [6.45, 7) is 4.04. The molecule has 1 aromatic rings. The number of benzene rings is 1. The van der Waals surface area contributed by atoms with Crippen LogP contribution in [0.25, 0.3) is 0 Å². The first-order valence-electron chi connectivity index (χ1n) is 6.96. The first kappa shape index (κ1) is 13.8. The van der Waals surface area contributed by atoms with Crippen LogP contribution in [0, 0.1) is 19.8 Å². The molecule has 0 radical (unpaired) electrons. The lowest BCUT2D eigenvalue weighted by atomic mass is 10.0. The number of hydrogen-bond donors (Lipinski definition) is 1. The Morgan fingerprint density at radius 1 is 1.21 bits per heavy atom. The minimum absolute atomic E-state index is 0.0103. The van der Waals surface area contributed by atoms with Crippen LogP contribution < -0.4 is 5.32 Å². The zero-order valence-corrected chi connectivity index (χ0v) is 11.7. The number of hydrogen-bond acceptors (Lipinski definition) is 2. The zero-order chi connectivity index (χ0) is 13.8. The molecule has 0 spiro atoms. The Balaban J connectivity index is 1.92. The van der Waals surface area contributed by atoms with Gasteiger partial charge >= 0.3 is 0 Å². The second kappa shape index (κ2) is 6.00. The standard InChI is InChI=1S/C16H21NO2/c1-11-7-8-14(12(2)9-11)15(18)10-17-16(19)13-5-3-4-6-13/h7-9,13H,3-6,10H2,1-2H3,(H,17,19). The molecular weight excluding hydrogens is 238 g/mol. The van der Waals surface area contributed by atoms with E-state index in [4.69, 9.17) is 0 Å². The number of carbonyl (C=O) groups excluding carboxylic acids is 2. The highest BCUT2D eigenvalue weighted by atomic mass is 16.2. The van der Waals surface area contributed by atoms with Crippen LogP contribution in [-0.4, -0.2) is 18.2 Å². The van der Waals surface area contributed by atoms with Gasteiger partial charge in [-0.15, -0.1) is 0 Å². The fourth-order valence-corrected chi connectivity index (χ4v) is 2.72. The lowest BCUT2D eigenvalue weighted by Gasteiger charge is -2.11. The summed E-state index contributed by atoms with van der Waals surface area (Å²) < 4.78 is 0. The Hall–Kier alpha value is -1.64. The molecule has 1 fully saturated rings. The van der Waals surface area contributed by atoms with Crippen LogP contribution in [0.4, 0.5) is 0 Å². The molecular formula is C16H21NO2. The van der Waals surface area contributed by atoms with Gasteiger partial charge in [-0.05, 0) is 32.3 Å². The summed E-state index contributed by atoms with van der Waals surface area (Å²) in [5, 5.41) is 2.78. The summed E-state index contributed by atoms with van der Waals surface area (Å²) in [5.41, 5.74) is 2.82. The van der Waals surface area contributed by atoms with Crippen molar-refractivity contribution in [3.63, 3.8) is 0 Å². The van der Waals surface area contributed by atoms with Crippen molar-refractivity contribution in [1.82, 2.24) is 5.32 Å². The summed E-state index contributed by atoms with van der Waals surface area (Å²) in [4.78, 5) is 23.9. The second-order valence-corrected chi connectivity index (χ2v) is 5.44. The first-order chi connectivity index (χ1) is 9.08. The predicted octanol–water partition coefficient (Wildman–Crippen LogP) is 2.79. The molecule has 3 nitrogen and oxygen atoms in total. The summed E-state index contributed by atoms with van der Waals surface area (Å²) in [7, 11) is 0. The van der Waals surface area contributed by atoms with Gasteiger partial charge in [0.25, 0.3) is 0 Å². The number of amides is 1. The minimum Gasteiger partial charge on any atom is -0.348 e. The number of carbonyl (C=O) groups is 2. The minimum atomic E-state index is -0.0103. The van der Waals surface area contributed by atoms with E-state index in [2.05, 4.69) is 5.32 Å². The molecule has 1 N–H and O–H groups in total. The smallest absolute Gasteiger partial charge is 0.223 e. The number of nitrogens with one attached hydrogen (secondary N) is 1. The Morgan fingerprint density at radius 3 is 2.53 bits per heavy atom. The summed E-state index contributed by atoms with van der Waals surface area (Å²) >= 11 is 0. The third kappa shape index (κ3) is 3.43. The first-order valence-corrected chi connectivity index (χ1v) is 6.96. The van der Waals surface area contributed by atoms with Gasteiger partial charge < -0.3 is 5.32 Å². The molecule has 1 aliphatic rings. The van der Waals surface area contributed by atoms with Gasteiger partial charge in [0.15, 0.2) is 5.78 Å². The lowest BCUT2D eigenvalue weighted by molar-refractivity contribution is -0.124. The summed E-state index contributed by atoms with van der Waals surface area (Å²) in [6.07, 6.45) is 4.18. The molecule has 1 aliphatic carbocycles. The van der Waals surface area contributed by atoms with Crippen LogP contribution >= 0.6 is 0 Å². The second-order valence-electron chi connectivity index (χ2n) is 5.44. The van der Waals surface area contributed by atoms with Crippen molar-refractivity contribution in [2.45, 2.75) is 39.5 Å². The number of rotatable bonds is 4. The van der Waals surface area contributed by atoms with Crippen molar-refractivity contribution >= 4 is 11.7 Å². The molecule has 0 saturated heterocycles. The highest BCUT2D eigenvalue weighted by molar-refractivity contribution is 6.00. The zero-order valence-electron chi connectivity index (χ0n) is 11.7. The predicted molar refractivity (Wildman–Crippen MR) is 75.2 cm³/mol. The lowest BCUT2D eigenvalue weighted by Crippen LogP contribution is -2.33. The molecule has 19 heavy (non-hydrogen) atoms. The molecule has 2 rings (SSSR count). The van der Waals surface area contributed by atoms with Crippen LogP contribution in [0.1, 0.15) is 47.2 Å². The van der Waals surface area contributed by atoms with Crippen LogP contribution in [0.2, 0.25) is 0 Å². The van der Waals surface area contributed by atoms with Gasteiger partial charge in [0.1, 0.15) is 0 Å². The van der Waals surface area contributed by atoms with Gasteiger partial charge in [-0.3, -0.25) is 9.59 Å². The Bertz CT molecular complexity index is 488. The van der Waals surface area contributed by atoms with Crippen LogP contribution in [0.15, 0.2) is 18.2 Å². The van der Waals surface area contributed by atoms with E-state index in [1.807, 2.05) is 32.0 Å². The van der Waals surface area contributed by atoms with Gasteiger partial charge in [-0.1, -0.05) is 36.6 Å². The summed E-state index contributed by atoms with van der Waals surface area (Å²) in [5.74, 6) is 0.145. The van der Waals surface area contributed by atoms with Gasteiger partial charge in [0.2, 0.25) is 5.91 Å². The molecule has 3 heteroatoms. The van der Waals surface area contributed by atoms with Crippen LogP contribution in [0.5, 0.6) is 0 Å². The van der Waals surface area contributed by atoms with Crippen molar-refractivity contribution in [2.75, 3.05) is 6.54 Å². The highest BCUT2D eigenvalue weighted by Crippen LogP contribution is 2.24. The average Bonchev–Trinajstić information content (AvgIpc) is 2.89. The van der Waals surface area contributed by atoms with Crippen LogP contribution in [-0.2, 0) is 4.79 Å². The maximum atomic E-state index is 12.1. The Morgan fingerprint density at radius 2 is 1.89 bits per heavy atom. The van der Waals surface area contributed by atoms with E-state index in [0.29, 0.717) is 5.56 Å². The van der Waals surface area contributed by atoms with Gasteiger partial charge in [0.05, 0.1) is 6.54 Å². The van der Waals surface area contributed by atoms with Crippen molar-refractivity contribution in [3.05, 3.63) is 34.9 Å². The number of aryl methyl sites for hydroxylation is 2. The molecule has 0 atom stereocenters. The van der Waals surface area contributed by atoms with Crippen molar-refractivity contribution in [2.24, 2.45) is 5.92 Å². The molecule has 1 amide bonds. The molecule has 0 aromatic heterocycles. The monoisotopic (exact) mass is 259 g/mol. The van der Waals surface area contributed by atoms with Gasteiger partial charge in [-0.2, -0.15) is 0 Å². The van der Waals surface area contributed by atoms with E-state index in [9.17, 15) is 9.59 Å².